The van der Waals surface area contributed by atoms with Gasteiger partial charge in [0.15, 0.2) is 5.96 Å². The van der Waals surface area contributed by atoms with Gasteiger partial charge in [0, 0.05) is 56.2 Å². The first kappa shape index (κ1) is 21.4. The van der Waals surface area contributed by atoms with Crippen LogP contribution in [0, 0.1) is 5.82 Å². The minimum absolute atomic E-state index is 0.216. The number of aromatic nitrogens is 1. The molecule has 1 saturated heterocycles. The third-order valence-electron chi connectivity index (χ3n) is 5.45. The summed E-state index contributed by atoms with van der Waals surface area (Å²) < 4.78 is 24.4. The van der Waals surface area contributed by atoms with E-state index in [1.54, 1.807) is 18.4 Å². The van der Waals surface area contributed by atoms with Crippen LogP contribution in [0.3, 0.4) is 0 Å². The maximum absolute atomic E-state index is 13.6. The molecule has 1 aromatic carbocycles. The lowest BCUT2D eigenvalue weighted by atomic mass is 10.1. The van der Waals surface area contributed by atoms with Crippen LogP contribution in [0.5, 0.6) is 0 Å². The van der Waals surface area contributed by atoms with E-state index in [1.807, 2.05) is 18.3 Å². The predicted molar refractivity (Wildman–Crippen MR) is 120 cm³/mol. The first-order chi connectivity index (χ1) is 15.3. The van der Waals surface area contributed by atoms with Gasteiger partial charge in [-0.05, 0) is 42.3 Å². The van der Waals surface area contributed by atoms with Gasteiger partial charge in [-0.25, -0.2) is 4.39 Å². The average molecular weight is 428 g/mol. The molecule has 3 aromatic rings. The molecule has 0 bridgehead atoms. The number of H-pyrrole nitrogens is 1. The zero-order valence-corrected chi connectivity index (χ0v) is 17.7. The van der Waals surface area contributed by atoms with Crippen LogP contribution in [0.2, 0.25) is 0 Å². The molecule has 7 nitrogen and oxygen atoms in total. The number of rotatable bonds is 9. The summed E-state index contributed by atoms with van der Waals surface area (Å²) in [5.41, 5.74) is 2.04. The van der Waals surface area contributed by atoms with Crippen molar-refractivity contribution in [3.8, 4) is 0 Å². The van der Waals surface area contributed by atoms with Gasteiger partial charge in [0.1, 0.15) is 11.6 Å². The van der Waals surface area contributed by atoms with Crippen LogP contribution in [0.1, 0.15) is 11.3 Å². The monoisotopic (exact) mass is 427 g/mol. The Morgan fingerprint density at radius 1 is 1.13 bits per heavy atom. The van der Waals surface area contributed by atoms with Crippen molar-refractivity contribution < 1.29 is 13.5 Å². The van der Waals surface area contributed by atoms with Crippen molar-refractivity contribution in [2.45, 2.75) is 12.8 Å². The molecular formula is C23H30FN5O2. The molecule has 4 rings (SSSR count). The van der Waals surface area contributed by atoms with E-state index in [2.05, 4.69) is 20.5 Å². The molecule has 0 unspecified atom stereocenters. The minimum atomic E-state index is -0.216. The summed E-state index contributed by atoms with van der Waals surface area (Å²) in [4.78, 5) is 10.3. The van der Waals surface area contributed by atoms with Crippen molar-refractivity contribution in [3.63, 3.8) is 0 Å². The van der Waals surface area contributed by atoms with E-state index in [0.29, 0.717) is 13.1 Å². The largest absolute Gasteiger partial charge is 0.469 e. The van der Waals surface area contributed by atoms with Crippen LogP contribution in [-0.2, 0) is 17.6 Å². The molecule has 0 atom stereocenters. The summed E-state index contributed by atoms with van der Waals surface area (Å²) in [6.07, 6.45) is 5.20. The number of benzene rings is 1. The third-order valence-corrected chi connectivity index (χ3v) is 5.45. The third kappa shape index (κ3) is 6.32. The Labute approximate surface area is 181 Å². The van der Waals surface area contributed by atoms with Gasteiger partial charge in [0.05, 0.1) is 26.0 Å². The Kier molecular flexibility index (Phi) is 7.57. The number of nitrogens with one attached hydrogen (secondary N) is 3. The van der Waals surface area contributed by atoms with Gasteiger partial charge < -0.3 is 24.8 Å². The number of morpholine rings is 1. The quantitative estimate of drug-likeness (QED) is 0.361. The molecule has 0 aliphatic carbocycles. The van der Waals surface area contributed by atoms with E-state index in [0.717, 1.165) is 80.4 Å². The molecule has 0 saturated carbocycles. The predicted octanol–water partition coefficient (Wildman–Crippen LogP) is 2.55. The Bertz CT molecular complexity index is 964. The second-order valence-corrected chi connectivity index (χ2v) is 7.62. The topological polar surface area (TPSA) is 77.8 Å². The zero-order valence-electron chi connectivity index (χ0n) is 17.7. The van der Waals surface area contributed by atoms with Crippen LogP contribution >= 0.6 is 0 Å². The molecule has 0 spiro atoms. The number of aromatic amines is 1. The first-order valence-corrected chi connectivity index (χ1v) is 10.9. The van der Waals surface area contributed by atoms with E-state index in [4.69, 9.17) is 14.1 Å². The highest BCUT2D eigenvalue weighted by Gasteiger charge is 2.10. The number of nitrogens with zero attached hydrogens (tertiary/aromatic N) is 2. The molecule has 2 aromatic heterocycles. The highest BCUT2D eigenvalue weighted by molar-refractivity contribution is 5.83. The lowest BCUT2D eigenvalue weighted by molar-refractivity contribution is 0.0394. The van der Waals surface area contributed by atoms with Crippen LogP contribution < -0.4 is 10.6 Å². The maximum Gasteiger partial charge on any atom is 0.191 e. The van der Waals surface area contributed by atoms with Crippen molar-refractivity contribution in [3.05, 3.63) is 59.9 Å². The lowest BCUT2D eigenvalue weighted by Gasteiger charge is -2.25. The Morgan fingerprint density at radius 2 is 1.97 bits per heavy atom. The minimum Gasteiger partial charge on any atom is -0.469 e. The molecule has 3 heterocycles. The molecule has 31 heavy (non-hydrogen) atoms. The molecule has 8 heteroatoms. The number of ether oxygens (including phenoxy) is 1. The molecule has 1 fully saturated rings. The second kappa shape index (κ2) is 11.0. The number of fused-ring (bicyclic) bond motifs is 1. The summed E-state index contributed by atoms with van der Waals surface area (Å²) in [6, 6.07) is 8.70. The molecule has 166 valence electrons. The van der Waals surface area contributed by atoms with E-state index in [1.165, 1.54) is 6.07 Å². The van der Waals surface area contributed by atoms with Crippen molar-refractivity contribution in [1.29, 1.82) is 0 Å². The zero-order chi connectivity index (χ0) is 21.3. The van der Waals surface area contributed by atoms with Crippen molar-refractivity contribution in [1.82, 2.24) is 20.5 Å². The van der Waals surface area contributed by atoms with Crippen LogP contribution in [0.25, 0.3) is 10.9 Å². The number of aliphatic imine (C=N–C) groups is 1. The normalized spacial score (nSPS) is 15.5. The standard InChI is InChI=1S/C23H30FN5O2/c24-19-3-4-22-21(16-19)18(17-28-22)5-7-25-23(26-8-6-20-2-1-13-31-20)27-9-10-29-11-14-30-15-12-29/h1-4,13,16-17,28H,5-12,14-15H2,(H2,25,26,27). The number of hydrogen-bond acceptors (Lipinski definition) is 4. The number of guanidine groups is 1. The fourth-order valence-electron chi connectivity index (χ4n) is 3.73. The summed E-state index contributed by atoms with van der Waals surface area (Å²) >= 11 is 0. The van der Waals surface area contributed by atoms with Gasteiger partial charge in [-0.2, -0.15) is 0 Å². The van der Waals surface area contributed by atoms with Gasteiger partial charge in [0.25, 0.3) is 0 Å². The SMILES string of the molecule is Fc1ccc2[nH]cc(CCNC(=NCCN3CCOCC3)NCCc3ccco3)c2c1. The molecule has 1 aliphatic rings. The smallest absolute Gasteiger partial charge is 0.191 e. The molecule has 1 aliphatic heterocycles. The Morgan fingerprint density at radius 3 is 2.77 bits per heavy atom. The van der Waals surface area contributed by atoms with Gasteiger partial charge in [-0.3, -0.25) is 9.89 Å². The van der Waals surface area contributed by atoms with Gasteiger partial charge in [0.2, 0.25) is 0 Å². The number of halogens is 1. The van der Waals surface area contributed by atoms with Crippen molar-refractivity contribution in [2.75, 3.05) is 52.5 Å². The summed E-state index contributed by atoms with van der Waals surface area (Å²) in [6.45, 7) is 6.57. The number of hydrogen-bond donors (Lipinski definition) is 3. The summed E-state index contributed by atoms with van der Waals surface area (Å²) in [7, 11) is 0. The van der Waals surface area contributed by atoms with Crippen LogP contribution in [0.4, 0.5) is 4.39 Å². The van der Waals surface area contributed by atoms with E-state index < -0.39 is 0 Å². The molecule has 3 N–H and O–H groups in total. The fourth-order valence-corrected chi connectivity index (χ4v) is 3.73. The molecular weight excluding hydrogens is 397 g/mol. The Hall–Kier alpha value is -2.84. The maximum atomic E-state index is 13.6. The summed E-state index contributed by atoms with van der Waals surface area (Å²) in [5.74, 6) is 1.51. The van der Waals surface area contributed by atoms with E-state index >= 15 is 0 Å². The molecule has 0 radical (unpaired) electrons. The second-order valence-electron chi connectivity index (χ2n) is 7.62. The van der Waals surface area contributed by atoms with Gasteiger partial charge >= 0.3 is 0 Å². The highest BCUT2D eigenvalue weighted by Crippen LogP contribution is 2.19. The van der Waals surface area contributed by atoms with Crippen LogP contribution in [-0.4, -0.2) is 68.3 Å². The van der Waals surface area contributed by atoms with Gasteiger partial charge in [-0.1, -0.05) is 0 Å². The lowest BCUT2D eigenvalue weighted by Crippen LogP contribution is -2.41. The first-order valence-electron chi connectivity index (χ1n) is 10.9. The van der Waals surface area contributed by atoms with Crippen molar-refractivity contribution >= 4 is 16.9 Å². The number of furan rings is 1. The molecule has 0 amide bonds. The van der Waals surface area contributed by atoms with Crippen molar-refractivity contribution in [2.24, 2.45) is 4.99 Å². The summed E-state index contributed by atoms with van der Waals surface area (Å²) in [5, 5.41) is 7.73. The highest BCUT2D eigenvalue weighted by atomic mass is 19.1. The fraction of sp³-hybridized carbons (Fsp3) is 0.435. The van der Waals surface area contributed by atoms with E-state index in [9.17, 15) is 4.39 Å². The van der Waals surface area contributed by atoms with Crippen LogP contribution in [0.15, 0.2) is 52.2 Å². The van der Waals surface area contributed by atoms with Gasteiger partial charge in [-0.15, -0.1) is 0 Å². The Balaban J connectivity index is 1.30. The van der Waals surface area contributed by atoms with E-state index in [-0.39, 0.29) is 5.82 Å². The average Bonchev–Trinajstić information content (AvgIpc) is 3.44.